The minimum atomic E-state index is -0.383. The highest BCUT2D eigenvalue weighted by molar-refractivity contribution is 6.05. The summed E-state index contributed by atoms with van der Waals surface area (Å²) in [6.07, 6.45) is 2.35. The van der Waals surface area contributed by atoms with Crippen LogP contribution in [0.1, 0.15) is 33.4 Å². The van der Waals surface area contributed by atoms with Gasteiger partial charge in [-0.1, -0.05) is 19.1 Å². The zero-order valence-electron chi connectivity index (χ0n) is 15.1. The van der Waals surface area contributed by atoms with Crippen LogP contribution in [0, 0.1) is 0 Å². The molecule has 0 aliphatic rings. The van der Waals surface area contributed by atoms with E-state index in [1.807, 2.05) is 12.1 Å². The second-order valence-electron chi connectivity index (χ2n) is 5.85. The summed E-state index contributed by atoms with van der Waals surface area (Å²) in [5.74, 6) is 0.0252. The van der Waals surface area contributed by atoms with Gasteiger partial charge in [0.05, 0.1) is 19.1 Å². The van der Waals surface area contributed by atoms with E-state index in [4.69, 9.17) is 9.15 Å². The Kier molecular flexibility index (Phi) is 5.56. The van der Waals surface area contributed by atoms with E-state index in [9.17, 15) is 9.59 Å². The predicted molar refractivity (Wildman–Crippen MR) is 103 cm³/mol. The lowest BCUT2D eigenvalue weighted by atomic mass is 10.1. The average Bonchev–Trinajstić information content (AvgIpc) is 3.24. The van der Waals surface area contributed by atoms with Gasteiger partial charge in [-0.2, -0.15) is 0 Å². The van der Waals surface area contributed by atoms with Crippen molar-refractivity contribution in [2.75, 3.05) is 17.7 Å². The van der Waals surface area contributed by atoms with Gasteiger partial charge < -0.3 is 19.8 Å². The van der Waals surface area contributed by atoms with Crippen LogP contribution in [-0.4, -0.2) is 18.9 Å². The van der Waals surface area contributed by atoms with Crippen molar-refractivity contribution in [3.05, 3.63) is 77.7 Å². The Morgan fingerprint density at radius 2 is 1.78 bits per heavy atom. The molecule has 6 nitrogen and oxygen atoms in total. The maximum atomic E-state index is 12.4. The molecule has 0 spiro atoms. The SMILES string of the molecule is CCc1ccc(C(=O)Nc2ccc(NC(=O)c3ccco3)c(OC)c2)cc1. The average molecular weight is 364 g/mol. The Labute approximate surface area is 157 Å². The Morgan fingerprint density at radius 3 is 2.41 bits per heavy atom. The fourth-order valence-corrected chi connectivity index (χ4v) is 2.56. The Hall–Kier alpha value is -3.54. The highest BCUT2D eigenvalue weighted by Gasteiger charge is 2.13. The number of aryl methyl sites for hydroxylation is 1. The van der Waals surface area contributed by atoms with Crippen LogP contribution < -0.4 is 15.4 Å². The lowest BCUT2D eigenvalue weighted by Gasteiger charge is -2.12. The molecule has 2 aromatic carbocycles. The molecule has 0 aliphatic heterocycles. The molecule has 1 heterocycles. The predicted octanol–water partition coefficient (Wildman–Crippen LogP) is 4.36. The van der Waals surface area contributed by atoms with E-state index >= 15 is 0 Å². The van der Waals surface area contributed by atoms with Crippen LogP contribution in [0.25, 0.3) is 0 Å². The van der Waals surface area contributed by atoms with E-state index in [1.165, 1.54) is 18.9 Å². The number of amides is 2. The van der Waals surface area contributed by atoms with Crippen LogP contribution in [0.2, 0.25) is 0 Å². The normalized spacial score (nSPS) is 10.3. The van der Waals surface area contributed by atoms with Gasteiger partial charge in [0.2, 0.25) is 0 Å². The van der Waals surface area contributed by atoms with E-state index in [-0.39, 0.29) is 17.6 Å². The molecule has 1 aromatic heterocycles. The fraction of sp³-hybridized carbons (Fsp3) is 0.143. The number of ether oxygens (including phenoxy) is 1. The molecule has 27 heavy (non-hydrogen) atoms. The van der Waals surface area contributed by atoms with Crippen molar-refractivity contribution in [2.24, 2.45) is 0 Å². The van der Waals surface area contributed by atoms with E-state index in [2.05, 4.69) is 17.6 Å². The van der Waals surface area contributed by atoms with Crippen molar-refractivity contribution in [1.29, 1.82) is 0 Å². The van der Waals surface area contributed by atoms with Crippen molar-refractivity contribution >= 4 is 23.2 Å². The van der Waals surface area contributed by atoms with Crippen LogP contribution in [0.4, 0.5) is 11.4 Å². The summed E-state index contributed by atoms with van der Waals surface area (Å²) in [6.45, 7) is 2.06. The number of anilines is 2. The second kappa shape index (κ2) is 8.23. The Bertz CT molecular complexity index is 931. The summed E-state index contributed by atoms with van der Waals surface area (Å²) in [5, 5.41) is 5.55. The monoisotopic (exact) mass is 364 g/mol. The third kappa shape index (κ3) is 4.36. The molecular weight excluding hydrogens is 344 g/mol. The molecule has 2 amide bonds. The number of carbonyl (C=O) groups is 2. The highest BCUT2D eigenvalue weighted by atomic mass is 16.5. The number of hydrogen-bond acceptors (Lipinski definition) is 4. The molecule has 0 saturated carbocycles. The second-order valence-corrected chi connectivity index (χ2v) is 5.85. The minimum absolute atomic E-state index is 0.199. The van der Waals surface area contributed by atoms with Gasteiger partial charge >= 0.3 is 0 Å². The first-order chi connectivity index (χ1) is 13.1. The fourth-order valence-electron chi connectivity index (χ4n) is 2.56. The van der Waals surface area contributed by atoms with Crippen molar-refractivity contribution in [2.45, 2.75) is 13.3 Å². The molecule has 2 N–H and O–H groups in total. The molecule has 3 aromatic rings. The third-order valence-corrected chi connectivity index (χ3v) is 4.08. The molecule has 0 aliphatic carbocycles. The zero-order valence-corrected chi connectivity index (χ0v) is 15.1. The molecule has 0 bridgehead atoms. The first-order valence-corrected chi connectivity index (χ1v) is 8.54. The van der Waals surface area contributed by atoms with Crippen molar-refractivity contribution < 1.29 is 18.7 Å². The van der Waals surface area contributed by atoms with Gasteiger partial charge in [-0.05, 0) is 48.4 Å². The Morgan fingerprint density at radius 1 is 1.00 bits per heavy atom. The minimum Gasteiger partial charge on any atom is -0.494 e. The van der Waals surface area contributed by atoms with Gasteiger partial charge in [-0.3, -0.25) is 9.59 Å². The van der Waals surface area contributed by atoms with Crippen LogP contribution >= 0.6 is 0 Å². The summed E-state index contributed by atoms with van der Waals surface area (Å²) in [6, 6.07) is 15.7. The molecule has 0 unspecified atom stereocenters. The largest absolute Gasteiger partial charge is 0.494 e. The molecule has 0 fully saturated rings. The molecule has 138 valence electrons. The molecule has 0 radical (unpaired) electrons. The summed E-state index contributed by atoms with van der Waals surface area (Å²) in [4.78, 5) is 24.5. The molecule has 0 atom stereocenters. The lowest BCUT2D eigenvalue weighted by molar-refractivity contribution is 0.0994. The topological polar surface area (TPSA) is 80.6 Å². The van der Waals surface area contributed by atoms with Crippen molar-refractivity contribution in [3.8, 4) is 5.75 Å². The quantitative estimate of drug-likeness (QED) is 0.681. The highest BCUT2D eigenvalue weighted by Crippen LogP contribution is 2.28. The summed E-state index contributed by atoms with van der Waals surface area (Å²) < 4.78 is 10.4. The zero-order chi connectivity index (χ0) is 19.2. The first kappa shape index (κ1) is 18.3. The van der Waals surface area contributed by atoms with Gasteiger partial charge in [0.15, 0.2) is 5.76 Å². The van der Waals surface area contributed by atoms with E-state index in [0.717, 1.165) is 6.42 Å². The standard InChI is InChI=1S/C21H20N2O4/c1-3-14-6-8-15(9-7-14)20(24)22-16-10-11-17(19(13-16)26-2)23-21(25)18-5-4-12-27-18/h4-13H,3H2,1-2H3,(H,22,24)(H,23,25). The van der Waals surface area contributed by atoms with Gasteiger partial charge in [-0.15, -0.1) is 0 Å². The van der Waals surface area contributed by atoms with Crippen molar-refractivity contribution in [3.63, 3.8) is 0 Å². The van der Waals surface area contributed by atoms with Gasteiger partial charge in [0, 0.05) is 17.3 Å². The molecule has 3 rings (SSSR count). The van der Waals surface area contributed by atoms with Gasteiger partial charge in [-0.25, -0.2) is 0 Å². The number of nitrogens with one attached hydrogen (secondary N) is 2. The summed E-state index contributed by atoms with van der Waals surface area (Å²) in [7, 11) is 1.49. The number of rotatable bonds is 6. The van der Waals surface area contributed by atoms with Crippen LogP contribution in [0.15, 0.2) is 65.3 Å². The number of benzene rings is 2. The molecule has 0 saturated heterocycles. The van der Waals surface area contributed by atoms with E-state index in [0.29, 0.717) is 22.7 Å². The van der Waals surface area contributed by atoms with Crippen LogP contribution in [0.5, 0.6) is 5.75 Å². The number of methoxy groups -OCH3 is 1. The Balaban J connectivity index is 1.73. The van der Waals surface area contributed by atoms with Crippen LogP contribution in [0.3, 0.4) is 0 Å². The maximum absolute atomic E-state index is 12.4. The van der Waals surface area contributed by atoms with Crippen molar-refractivity contribution in [1.82, 2.24) is 0 Å². The summed E-state index contributed by atoms with van der Waals surface area (Å²) >= 11 is 0. The first-order valence-electron chi connectivity index (χ1n) is 8.54. The number of furan rings is 1. The smallest absolute Gasteiger partial charge is 0.291 e. The maximum Gasteiger partial charge on any atom is 0.291 e. The van der Waals surface area contributed by atoms with Crippen LogP contribution in [-0.2, 0) is 6.42 Å². The van der Waals surface area contributed by atoms with E-state index in [1.54, 1.807) is 42.5 Å². The van der Waals surface area contributed by atoms with Gasteiger partial charge in [0.25, 0.3) is 11.8 Å². The van der Waals surface area contributed by atoms with Gasteiger partial charge in [0.1, 0.15) is 5.75 Å². The molecule has 6 heteroatoms. The lowest BCUT2D eigenvalue weighted by Crippen LogP contribution is -2.13. The number of hydrogen-bond donors (Lipinski definition) is 2. The number of carbonyl (C=O) groups excluding carboxylic acids is 2. The van der Waals surface area contributed by atoms with E-state index < -0.39 is 0 Å². The third-order valence-electron chi connectivity index (χ3n) is 4.08. The molecular formula is C21H20N2O4. The summed E-state index contributed by atoms with van der Waals surface area (Å²) in [5.41, 5.74) is 2.78.